The normalized spacial score (nSPS) is 18.6. The zero-order valence-electron chi connectivity index (χ0n) is 16.1. The van der Waals surface area contributed by atoms with Crippen molar-refractivity contribution >= 4 is 36.4 Å². The summed E-state index contributed by atoms with van der Waals surface area (Å²) in [5, 5.41) is 13.0. The van der Waals surface area contributed by atoms with Crippen molar-refractivity contribution in [2.24, 2.45) is 5.92 Å². The molecular formula is C20H33Cl2N3O2. The molecule has 0 spiro atoms. The van der Waals surface area contributed by atoms with Crippen molar-refractivity contribution in [2.45, 2.75) is 38.7 Å². The maximum atomic E-state index is 12.7. The van der Waals surface area contributed by atoms with Crippen LogP contribution in [0, 0.1) is 5.92 Å². The monoisotopic (exact) mass is 417 g/mol. The minimum atomic E-state index is -0.160. The molecular weight excluding hydrogens is 385 g/mol. The Hall–Kier alpha value is -1.01. The highest BCUT2D eigenvalue weighted by Gasteiger charge is 2.23. The number of piperidine rings is 2. The number of carbonyl (C=O) groups excluding carboxylic acids is 1. The number of benzene rings is 1. The first-order chi connectivity index (χ1) is 12.2. The molecule has 1 amide bonds. The summed E-state index contributed by atoms with van der Waals surface area (Å²) in [6.45, 7) is 7.70. The molecule has 2 fully saturated rings. The molecule has 2 saturated heterocycles. The van der Waals surface area contributed by atoms with E-state index in [1.807, 2.05) is 29.2 Å². The number of hydrogen-bond acceptors (Lipinski definition) is 4. The molecule has 5 nitrogen and oxygen atoms in total. The average Bonchev–Trinajstić information content (AvgIpc) is 2.67. The molecule has 7 heteroatoms. The number of aliphatic hydroxyl groups is 1. The van der Waals surface area contributed by atoms with Crippen molar-refractivity contribution in [2.75, 3.05) is 44.2 Å². The van der Waals surface area contributed by atoms with Crippen LogP contribution >= 0.6 is 24.8 Å². The van der Waals surface area contributed by atoms with E-state index in [9.17, 15) is 9.90 Å². The summed E-state index contributed by atoms with van der Waals surface area (Å²) in [5.74, 6) is 0.850. The van der Waals surface area contributed by atoms with Crippen molar-refractivity contribution in [3.8, 4) is 0 Å². The molecule has 0 aliphatic carbocycles. The van der Waals surface area contributed by atoms with Crippen LogP contribution < -0.4 is 10.2 Å². The Morgan fingerprint density at radius 2 is 1.63 bits per heavy atom. The van der Waals surface area contributed by atoms with Crippen molar-refractivity contribution in [3.05, 3.63) is 29.8 Å². The van der Waals surface area contributed by atoms with Crippen molar-refractivity contribution in [1.82, 2.24) is 10.2 Å². The SMILES string of the molecule is CCNCC1CCN(C(=O)c2ccc(N3CCC(O)CC3)cc2)CC1.Cl.Cl. The minimum Gasteiger partial charge on any atom is -0.393 e. The fraction of sp³-hybridized carbons (Fsp3) is 0.650. The summed E-state index contributed by atoms with van der Waals surface area (Å²) in [7, 11) is 0. The molecule has 0 radical (unpaired) electrons. The molecule has 2 aliphatic rings. The van der Waals surface area contributed by atoms with E-state index < -0.39 is 0 Å². The van der Waals surface area contributed by atoms with Gasteiger partial charge >= 0.3 is 0 Å². The molecule has 2 aliphatic heterocycles. The molecule has 1 aromatic rings. The van der Waals surface area contributed by atoms with Crippen LogP contribution in [-0.4, -0.2) is 61.3 Å². The quantitative estimate of drug-likeness (QED) is 0.772. The predicted octanol–water partition coefficient (Wildman–Crippen LogP) is 2.95. The molecule has 0 bridgehead atoms. The van der Waals surface area contributed by atoms with Gasteiger partial charge in [-0.2, -0.15) is 0 Å². The number of amides is 1. The van der Waals surface area contributed by atoms with Gasteiger partial charge in [0.05, 0.1) is 6.10 Å². The van der Waals surface area contributed by atoms with Crippen molar-refractivity contribution in [1.29, 1.82) is 0 Å². The number of nitrogens with zero attached hydrogens (tertiary/aromatic N) is 2. The number of rotatable bonds is 5. The second-order valence-electron chi connectivity index (χ2n) is 7.31. The van der Waals surface area contributed by atoms with Crippen molar-refractivity contribution < 1.29 is 9.90 Å². The second kappa shape index (κ2) is 11.7. The molecule has 2 heterocycles. The van der Waals surface area contributed by atoms with Gasteiger partial charge in [0.15, 0.2) is 0 Å². The fourth-order valence-corrected chi connectivity index (χ4v) is 3.81. The fourth-order valence-electron chi connectivity index (χ4n) is 3.81. The third-order valence-electron chi connectivity index (χ3n) is 5.53. The lowest BCUT2D eigenvalue weighted by Crippen LogP contribution is -2.40. The Balaban J connectivity index is 0.00000182. The number of likely N-dealkylation sites (tertiary alicyclic amines) is 1. The highest BCUT2D eigenvalue weighted by atomic mass is 35.5. The maximum absolute atomic E-state index is 12.7. The van der Waals surface area contributed by atoms with Crippen LogP contribution in [-0.2, 0) is 0 Å². The van der Waals surface area contributed by atoms with E-state index in [1.54, 1.807) is 0 Å². The van der Waals surface area contributed by atoms with Gasteiger partial charge in [-0.05, 0) is 69.0 Å². The number of hydrogen-bond donors (Lipinski definition) is 2. The summed E-state index contributed by atoms with van der Waals surface area (Å²) in [6.07, 6.45) is 3.66. The first-order valence-corrected chi connectivity index (χ1v) is 9.70. The van der Waals surface area contributed by atoms with E-state index in [-0.39, 0.29) is 36.8 Å². The largest absolute Gasteiger partial charge is 0.393 e. The van der Waals surface area contributed by atoms with Gasteiger partial charge in [0.25, 0.3) is 5.91 Å². The standard InChI is InChI=1S/C20H31N3O2.2ClH/c1-2-21-15-16-7-11-23(12-8-16)20(25)17-3-5-18(6-4-17)22-13-9-19(24)10-14-22;;/h3-6,16,19,21,24H,2,7-15H2,1H3;2*1H. The number of nitrogens with one attached hydrogen (secondary N) is 1. The number of carbonyl (C=O) groups is 1. The number of anilines is 1. The molecule has 1 aromatic carbocycles. The molecule has 0 aromatic heterocycles. The lowest BCUT2D eigenvalue weighted by molar-refractivity contribution is 0.0690. The summed E-state index contributed by atoms with van der Waals surface area (Å²) in [6, 6.07) is 7.99. The Morgan fingerprint density at radius 3 is 2.19 bits per heavy atom. The zero-order chi connectivity index (χ0) is 17.6. The second-order valence-corrected chi connectivity index (χ2v) is 7.31. The highest BCUT2D eigenvalue weighted by Crippen LogP contribution is 2.22. The highest BCUT2D eigenvalue weighted by molar-refractivity contribution is 5.94. The van der Waals surface area contributed by atoms with E-state index in [1.165, 1.54) is 0 Å². The maximum Gasteiger partial charge on any atom is 0.253 e. The summed E-state index contributed by atoms with van der Waals surface area (Å²) < 4.78 is 0. The van der Waals surface area contributed by atoms with Gasteiger partial charge in [0.1, 0.15) is 0 Å². The summed E-state index contributed by atoms with van der Waals surface area (Å²) >= 11 is 0. The molecule has 154 valence electrons. The lowest BCUT2D eigenvalue weighted by Gasteiger charge is -2.33. The topological polar surface area (TPSA) is 55.8 Å². The van der Waals surface area contributed by atoms with Crippen LogP contribution in [0.5, 0.6) is 0 Å². The van der Waals surface area contributed by atoms with Gasteiger partial charge in [-0.1, -0.05) is 6.92 Å². The van der Waals surface area contributed by atoms with Gasteiger partial charge < -0.3 is 20.2 Å². The van der Waals surface area contributed by atoms with E-state index in [0.29, 0.717) is 5.92 Å². The van der Waals surface area contributed by atoms with Crippen LogP contribution in [0.3, 0.4) is 0 Å². The van der Waals surface area contributed by atoms with Crippen LogP contribution in [0.4, 0.5) is 5.69 Å². The summed E-state index contributed by atoms with van der Waals surface area (Å²) in [4.78, 5) is 17.0. The molecule has 0 atom stereocenters. The first kappa shape index (κ1) is 24.0. The van der Waals surface area contributed by atoms with Crippen LogP contribution in [0.1, 0.15) is 43.0 Å². The van der Waals surface area contributed by atoms with E-state index >= 15 is 0 Å². The smallest absolute Gasteiger partial charge is 0.253 e. The summed E-state index contributed by atoms with van der Waals surface area (Å²) in [5.41, 5.74) is 1.93. The number of halogens is 2. The Morgan fingerprint density at radius 1 is 1.04 bits per heavy atom. The third-order valence-corrected chi connectivity index (χ3v) is 5.53. The van der Waals surface area contributed by atoms with E-state index in [0.717, 1.165) is 76.2 Å². The third kappa shape index (κ3) is 6.53. The predicted molar refractivity (Wildman–Crippen MR) is 116 cm³/mol. The van der Waals surface area contributed by atoms with Gasteiger partial charge in [-0.25, -0.2) is 0 Å². The Bertz CT molecular complexity index is 555. The average molecular weight is 418 g/mol. The van der Waals surface area contributed by atoms with Crippen molar-refractivity contribution in [3.63, 3.8) is 0 Å². The Kier molecular flexibility index (Phi) is 10.5. The van der Waals surface area contributed by atoms with Crippen LogP contribution in [0.15, 0.2) is 24.3 Å². The molecule has 2 N–H and O–H groups in total. The Labute approximate surface area is 175 Å². The van der Waals surface area contributed by atoms with Crippen LogP contribution in [0.25, 0.3) is 0 Å². The number of aliphatic hydroxyl groups excluding tert-OH is 1. The van der Waals surface area contributed by atoms with E-state index in [2.05, 4.69) is 17.1 Å². The molecule has 27 heavy (non-hydrogen) atoms. The molecule has 0 saturated carbocycles. The van der Waals surface area contributed by atoms with Gasteiger partial charge in [-0.15, -0.1) is 24.8 Å². The molecule has 0 unspecified atom stereocenters. The van der Waals surface area contributed by atoms with Gasteiger partial charge in [0.2, 0.25) is 0 Å². The first-order valence-electron chi connectivity index (χ1n) is 9.70. The molecule has 3 rings (SSSR count). The van der Waals surface area contributed by atoms with Crippen LogP contribution in [0.2, 0.25) is 0 Å². The lowest BCUT2D eigenvalue weighted by atomic mass is 9.96. The van der Waals surface area contributed by atoms with Gasteiger partial charge in [-0.3, -0.25) is 4.79 Å². The minimum absolute atomic E-state index is 0. The van der Waals surface area contributed by atoms with Gasteiger partial charge in [0, 0.05) is 37.4 Å². The zero-order valence-corrected chi connectivity index (χ0v) is 17.7. The van der Waals surface area contributed by atoms with E-state index in [4.69, 9.17) is 0 Å².